The van der Waals surface area contributed by atoms with E-state index in [-0.39, 0.29) is 11.0 Å². The van der Waals surface area contributed by atoms with Crippen LogP contribution in [0.15, 0.2) is 0 Å². The molecule has 37 heavy (non-hydrogen) atoms. The summed E-state index contributed by atoms with van der Waals surface area (Å²) in [5.74, 6) is 0. The molecule has 2 fully saturated rings. The average Bonchev–Trinajstić information content (AvgIpc) is 3.76. The SMILES string of the molecule is CCO[Si](CCCOCC1CO1)(OCC)OCC.CCO[Si](CCCOCC1CO1)(OCC)OCC.[SiH4]. The first kappa shape index (κ1) is 37.3. The summed E-state index contributed by atoms with van der Waals surface area (Å²) < 4.78 is 55.8. The first-order valence-corrected chi connectivity index (χ1v) is 17.6. The lowest BCUT2D eigenvalue weighted by molar-refractivity contribution is 0.0642. The summed E-state index contributed by atoms with van der Waals surface area (Å²) in [6, 6.07) is 1.63. The van der Waals surface area contributed by atoms with Gasteiger partial charge in [0, 0.05) is 64.9 Å². The van der Waals surface area contributed by atoms with Crippen molar-refractivity contribution in [3.63, 3.8) is 0 Å². The van der Waals surface area contributed by atoms with Crippen LogP contribution in [0.25, 0.3) is 0 Å². The Labute approximate surface area is 232 Å². The van der Waals surface area contributed by atoms with Crippen LogP contribution in [0.4, 0.5) is 0 Å². The van der Waals surface area contributed by atoms with Gasteiger partial charge < -0.3 is 45.5 Å². The molecule has 2 unspecified atom stereocenters. The maximum Gasteiger partial charge on any atom is 0.501 e. The summed E-state index contributed by atoms with van der Waals surface area (Å²) in [5, 5.41) is 0. The zero-order valence-corrected chi connectivity index (χ0v) is 25.6. The standard InChI is InChI=1S/2C12H26O5Si.H4Si/c2*1-4-15-18(16-5-2,17-6-3)9-7-8-13-10-12-11-14-12;/h2*12H,4-11H2,1-3H3;1H4. The van der Waals surface area contributed by atoms with Gasteiger partial charge in [0.1, 0.15) is 12.2 Å². The quantitative estimate of drug-likeness (QED) is 0.0948. The predicted octanol–water partition coefficient (Wildman–Crippen LogP) is 2.23. The average molecular weight is 589 g/mol. The summed E-state index contributed by atoms with van der Waals surface area (Å²) >= 11 is 0. The van der Waals surface area contributed by atoms with Crippen molar-refractivity contribution in [3.05, 3.63) is 0 Å². The van der Waals surface area contributed by atoms with Gasteiger partial charge in [-0.3, -0.25) is 0 Å². The fourth-order valence-corrected chi connectivity index (χ4v) is 8.70. The van der Waals surface area contributed by atoms with Crippen molar-refractivity contribution in [2.75, 3.05) is 79.3 Å². The van der Waals surface area contributed by atoms with Crippen molar-refractivity contribution in [2.24, 2.45) is 0 Å². The summed E-state index contributed by atoms with van der Waals surface area (Å²) in [4.78, 5) is 0. The topological polar surface area (TPSA) is 98.9 Å². The molecule has 2 saturated heterocycles. The predicted molar refractivity (Wildman–Crippen MR) is 153 cm³/mol. The summed E-state index contributed by atoms with van der Waals surface area (Å²) in [7, 11) is -4.94. The van der Waals surface area contributed by atoms with E-state index in [0.717, 1.165) is 38.1 Å². The second-order valence-electron chi connectivity index (χ2n) is 8.23. The van der Waals surface area contributed by atoms with Crippen molar-refractivity contribution < 1.29 is 45.5 Å². The molecule has 2 atom stereocenters. The molecule has 224 valence electrons. The summed E-state index contributed by atoms with van der Waals surface area (Å²) in [5.41, 5.74) is 0. The van der Waals surface area contributed by atoms with Gasteiger partial charge in [-0.25, -0.2) is 0 Å². The number of rotatable bonds is 24. The van der Waals surface area contributed by atoms with E-state index < -0.39 is 17.6 Å². The molecule has 0 aromatic heterocycles. The Morgan fingerprint density at radius 1 is 0.541 bits per heavy atom. The van der Waals surface area contributed by atoms with E-state index >= 15 is 0 Å². The monoisotopic (exact) mass is 588 g/mol. The van der Waals surface area contributed by atoms with E-state index in [1.807, 2.05) is 41.5 Å². The Morgan fingerprint density at radius 3 is 1.03 bits per heavy atom. The minimum absolute atomic E-state index is 0. The number of epoxide rings is 2. The van der Waals surface area contributed by atoms with Crippen molar-refractivity contribution >= 4 is 28.6 Å². The maximum atomic E-state index is 5.76. The Balaban J connectivity index is 0.000000682. The number of hydrogen-bond acceptors (Lipinski definition) is 10. The van der Waals surface area contributed by atoms with Crippen molar-refractivity contribution in [1.29, 1.82) is 0 Å². The van der Waals surface area contributed by atoms with E-state index in [0.29, 0.717) is 78.3 Å². The molecule has 0 radical (unpaired) electrons. The highest BCUT2D eigenvalue weighted by Gasteiger charge is 2.40. The molecule has 10 nitrogen and oxygen atoms in total. The van der Waals surface area contributed by atoms with Gasteiger partial charge >= 0.3 is 17.6 Å². The van der Waals surface area contributed by atoms with Crippen LogP contribution in [-0.4, -0.2) is 120 Å². The molecule has 2 heterocycles. The van der Waals surface area contributed by atoms with Crippen molar-refractivity contribution in [1.82, 2.24) is 0 Å². The van der Waals surface area contributed by atoms with Crippen LogP contribution in [-0.2, 0) is 45.5 Å². The highest BCUT2D eigenvalue weighted by atomic mass is 28.4. The third-order valence-corrected chi connectivity index (χ3v) is 11.4. The highest BCUT2D eigenvalue weighted by Crippen LogP contribution is 2.20. The molecular weight excluding hydrogens is 533 g/mol. The van der Waals surface area contributed by atoms with Gasteiger partial charge in [-0.15, -0.1) is 0 Å². The van der Waals surface area contributed by atoms with E-state index in [2.05, 4.69) is 0 Å². The Bertz CT molecular complexity index is 435. The summed E-state index contributed by atoms with van der Waals surface area (Å²) in [6.07, 6.45) is 2.47. The first-order chi connectivity index (χ1) is 17.5. The normalized spacial score (nSPS) is 18.6. The highest BCUT2D eigenvalue weighted by molar-refractivity contribution is 6.61. The third kappa shape index (κ3) is 18.3. The fraction of sp³-hybridized carbons (Fsp3) is 1.00. The molecule has 0 spiro atoms. The fourth-order valence-electron chi connectivity index (χ4n) is 3.54. The molecule has 0 aromatic rings. The van der Waals surface area contributed by atoms with Gasteiger partial charge in [-0.05, 0) is 65.3 Å². The van der Waals surface area contributed by atoms with Crippen LogP contribution >= 0.6 is 0 Å². The molecular formula is C24H56O10Si3. The number of ether oxygens (including phenoxy) is 4. The summed E-state index contributed by atoms with van der Waals surface area (Å²) in [6.45, 7) is 20.1. The molecule has 0 aliphatic carbocycles. The Hall–Kier alpha value is 0.251. The van der Waals surface area contributed by atoms with Crippen molar-refractivity contribution in [3.8, 4) is 0 Å². The zero-order valence-electron chi connectivity index (χ0n) is 23.6. The van der Waals surface area contributed by atoms with Crippen LogP contribution in [0.3, 0.4) is 0 Å². The van der Waals surface area contributed by atoms with Crippen LogP contribution in [0, 0.1) is 0 Å². The van der Waals surface area contributed by atoms with Crippen molar-refractivity contribution in [2.45, 2.75) is 78.7 Å². The van der Waals surface area contributed by atoms with Gasteiger partial charge in [-0.2, -0.15) is 0 Å². The Kier molecular flexibility index (Phi) is 23.2. The van der Waals surface area contributed by atoms with E-state index in [4.69, 9.17) is 45.5 Å². The van der Waals surface area contributed by atoms with Gasteiger partial charge in [0.15, 0.2) is 0 Å². The molecule has 2 aliphatic heterocycles. The first-order valence-electron chi connectivity index (χ1n) is 13.7. The smallest absolute Gasteiger partial charge is 0.379 e. The molecule has 0 amide bonds. The van der Waals surface area contributed by atoms with E-state index in [1.54, 1.807) is 0 Å². The van der Waals surface area contributed by atoms with Gasteiger partial charge in [0.25, 0.3) is 0 Å². The lowest BCUT2D eigenvalue weighted by atomic mass is 10.5. The zero-order chi connectivity index (χ0) is 26.5. The van der Waals surface area contributed by atoms with Crippen LogP contribution < -0.4 is 0 Å². The van der Waals surface area contributed by atoms with Crippen LogP contribution in [0.2, 0.25) is 12.1 Å². The van der Waals surface area contributed by atoms with Crippen LogP contribution in [0.1, 0.15) is 54.4 Å². The van der Waals surface area contributed by atoms with Gasteiger partial charge in [-0.1, -0.05) is 0 Å². The molecule has 2 rings (SSSR count). The third-order valence-electron chi connectivity index (χ3n) is 5.14. The van der Waals surface area contributed by atoms with E-state index in [9.17, 15) is 0 Å². The van der Waals surface area contributed by atoms with Gasteiger partial charge in [0.05, 0.1) is 26.4 Å². The number of hydrogen-bond donors (Lipinski definition) is 0. The van der Waals surface area contributed by atoms with Crippen LogP contribution in [0.5, 0.6) is 0 Å². The maximum absolute atomic E-state index is 5.76. The molecule has 2 aliphatic rings. The lowest BCUT2D eigenvalue weighted by Gasteiger charge is -2.28. The molecule has 0 saturated carbocycles. The second kappa shape index (κ2) is 23.0. The second-order valence-corrected chi connectivity index (χ2v) is 13.7. The molecule has 0 bridgehead atoms. The molecule has 0 N–H and O–H groups in total. The van der Waals surface area contributed by atoms with Gasteiger partial charge in [0.2, 0.25) is 0 Å². The minimum Gasteiger partial charge on any atom is -0.379 e. The van der Waals surface area contributed by atoms with E-state index in [1.165, 1.54) is 0 Å². The Morgan fingerprint density at radius 2 is 0.811 bits per heavy atom. The minimum atomic E-state index is -2.47. The molecule has 0 aromatic carbocycles. The molecule has 13 heteroatoms. The largest absolute Gasteiger partial charge is 0.501 e. The lowest BCUT2D eigenvalue weighted by Crippen LogP contribution is -2.46.